The molecule has 0 unspecified atom stereocenters. The van der Waals surface area contributed by atoms with Crippen molar-refractivity contribution >= 4 is 30.9 Å². The van der Waals surface area contributed by atoms with Crippen LogP contribution in [0.15, 0.2) is 24.3 Å². The van der Waals surface area contributed by atoms with E-state index in [1.54, 1.807) is 0 Å². The van der Waals surface area contributed by atoms with E-state index in [9.17, 15) is 4.89 Å². The number of nitrogens with two attached hydrogens (primary N) is 1. The molecule has 1 fully saturated rings. The summed E-state index contributed by atoms with van der Waals surface area (Å²) >= 11 is 0. The van der Waals surface area contributed by atoms with E-state index < -0.39 is 7.49 Å². The van der Waals surface area contributed by atoms with Crippen LogP contribution in [0.3, 0.4) is 0 Å². The molecule has 3 N–H and O–H groups in total. The second kappa shape index (κ2) is 6.01. The van der Waals surface area contributed by atoms with Gasteiger partial charge >= 0.3 is 0 Å². The topological polar surface area (TPSA) is 49.5 Å². The maximum Gasteiger partial charge on any atom is 0.0314 e. The van der Waals surface area contributed by atoms with Crippen molar-refractivity contribution in [3.63, 3.8) is 0 Å². The van der Waals surface area contributed by atoms with E-state index in [0.717, 1.165) is 43.0 Å². The van der Waals surface area contributed by atoms with E-state index in [1.807, 2.05) is 24.3 Å². The van der Waals surface area contributed by atoms with Gasteiger partial charge in [0.05, 0.1) is 0 Å². The Hall–Kier alpha value is -0.340. The monoisotopic (exact) mass is 275 g/mol. The zero-order valence-corrected chi connectivity index (χ0v) is 11.9. The van der Waals surface area contributed by atoms with E-state index >= 15 is 0 Å². The molecule has 5 heteroatoms. The van der Waals surface area contributed by atoms with Crippen LogP contribution in [0.2, 0.25) is 0 Å². The lowest BCUT2D eigenvalue weighted by Gasteiger charge is -2.39. The largest absolute Gasteiger partial charge is 0.399 e. The van der Waals surface area contributed by atoms with Crippen LogP contribution in [0.5, 0.6) is 0 Å². The first kappa shape index (κ1) is 14.7. The molecule has 1 aromatic rings. The summed E-state index contributed by atoms with van der Waals surface area (Å²) in [5, 5.41) is 1.11. The number of benzene rings is 1. The number of rotatable bonds is 2. The third-order valence-electron chi connectivity index (χ3n) is 3.39. The lowest BCUT2D eigenvalue weighted by molar-refractivity contribution is 0.308. The van der Waals surface area contributed by atoms with Crippen molar-refractivity contribution in [2.24, 2.45) is 0 Å². The zero-order valence-electron chi connectivity index (χ0n) is 10.2. The van der Waals surface area contributed by atoms with Crippen molar-refractivity contribution < 1.29 is 4.89 Å². The molecule has 1 aliphatic heterocycles. The predicted molar refractivity (Wildman–Crippen MR) is 78.7 cm³/mol. The van der Waals surface area contributed by atoms with E-state index in [0.29, 0.717) is 0 Å². The van der Waals surface area contributed by atoms with E-state index in [1.165, 1.54) is 0 Å². The minimum absolute atomic E-state index is 0. The van der Waals surface area contributed by atoms with Crippen LogP contribution in [-0.2, 0) is 0 Å². The summed E-state index contributed by atoms with van der Waals surface area (Å²) in [6.45, 7) is 5.30. The Kier molecular flexibility index (Phi) is 5.21. The molecule has 0 aliphatic carbocycles. The summed E-state index contributed by atoms with van der Waals surface area (Å²) in [6.07, 6.45) is 1.84. The van der Waals surface area contributed by atoms with Gasteiger partial charge in [-0.3, -0.25) is 0 Å². The summed E-state index contributed by atoms with van der Waals surface area (Å²) in [5.74, 6) is 0. The standard InChI is InChI=1S/C12H20N2OP.ClH/c1-2-14-7-9-16(15,10-8-14)12-5-3-11(13)4-6-12;/h3-6,15H,2,7-10,13H2,1H3;1H. The first-order valence-corrected chi connectivity index (χ1v) is 7.93. The molecule has 0 atom stereocenters. The summed E-state index contributed by atoms with van der Waals surface area (Å²) < 4.78 is 0. The Morgan fingerprint density at radius 2 is 1.76 bits per heavy atom. The smallest absolute Gasteiger partial charge is 0.0314 e. The molecule has 1 saturated heterocycles. The highest BCUT2D eigenvalue weighted by Crippen LogP contribution is 2.54. The Labute approximate surface area is 110 Å². The fraction of sp³-hybridized carbons (Fsp3) is 0.500. The van der Waals surface area contributed by atoms with Gasteiger partial charge in [0.15, 0.2) is 0 Å². The SMILES string of the molecule is CCN1CC[P](O)(c2ccc(N)cc2)CC1.Cl. The second-order valence-corrected chi connectivity index (χ2v) is 7.65. The van der Waals surface area contributed by atoms with Crippen molar-refractivity contribution in [2.75, 3.05) is 37.7 Å². The number of halogens is 1. The first-order valence-electron chi connectivity index (χ1n) is 5.82. The zero-order chi connectivity index (χ0) is 11.6. The molecule has 3 nitrogen and oxygen atoms in total. The molecule has 2 rings (SSSR count). The predicted octanol–water partition coefficient (Wildman–Crippen LogP) is 1.58. The van der Waals surface area contributed by atoms with Gasteiger partial charge in [-0.05, 0) is 24.0 Å². The van der Waals surface area contributed by atoms with Crippen LogP contribution in [0.4, 0.5) is 5.69 Å². The normalized spacial score (nSPS) is 19.6. The molecule has 1 heterocycles. The van der Waals surface area contributed by atoms with Crippen LogP contribution >= 0.6 is 19.9 Å². The molecular weight excluding hydrogens is 255 g/mol. The maximum atomic E-state index is 10.7. The molecule has 0 amide bonds. The lowest BCUT2D eigenvalue weighted by Crippen LogP contribution is -2.39. The highest BCUT2D eigenvalue weighted by Gasteiger charge is 2.31. The van der Waals surface area contributed by atoms with Crippen LogP contribution in [-0.4, -0.2) is 41.8 Å². The number of anilines is 1. The molecule has 97 valence electrons. The Bertz CT molecular complexity index is 350. The van der Waals surface area contributed by atoms with Gasteiger partial charge in [0.2, 0.25) is 0 Å². The van der Waals surface area contributed by atoms with Crippen LogP contribution < -0.4 is 11.0 Å². The van der Waals surface area contributed by atoms with Gasteiger partial charge in [-0.1, -0.05) is 19.1 Å². The molecule has 1 aromatic carbocycles. The Balaban J connectivity index is 0.00000144. The number of nitrogen functional groups attached to an aromatic ring is 1. The van der Waals surface area contributed by atoms with Crippen molar-refractivity contribution in [3.05, 3.63) is 24.3 Å². The quantitative estimate of drug-likeness (QED) is 0.636. The van der Waals surface area contributed by atoms with Crippen molar-refractivity contribution in [1.29, 1.82) is 0 Å². The van der Waals surface area contributed by atoms with E-state index in [4.69, 9.17) is 5.73 Å². The molecule has 1 aliphatic rings. The van der Waals surface area contributed by atoms with Crippen LogP contribution in [0.1, 0.15) is 6.92 Å². The van der Waals surface area contributed by atoms with Crippen molar-refractivity contribution in [3.8, 4) is 0 Å². The van der Waals surface area contributed by atoms with E-state index in [-0.39, 0.29) is 12.4 Å². The number of hydrogen-bond acceptors (Lipinski definition) is 3. The fourth-order valence-corrected chi connectivity index (χ4v) is 4.84. The highest BCUT2D eigenvalue weighted by atomic mass is 35.5. The summed E-state index contributed by atoms with van der Waals surface area (Å²) in [6, 6.07) is 7.76. The summed E-state index contributed by atoms with van der Waals surface area (Å²) in [7, 11) is -1.88. The van der Waals surface area contributed by atoms with Crippen molar-refractivity contribution in [1.82, 2.24) is 4.90 Å². The van der Waals surface area contributed by atoms with Crippen LogP contribution in [0, 0.1) is 0 Å². The molecule has 0 aromatic heterocycles. The Morgan fingerprint density at radius 3 is 2.24 bits per heavy atom. The Morgan fingerprint density at radius 1 is 1.24 bits per heavy atom. The molecule has 17 heavy (non-hydrogen) atoms. The number of nitrogens with zero attached hydrogens (tertiary/aromatic N) is 1. The van der Waals surface area contributed by atoms with Crippen molar-refractivity contribution in [2.45, 2.75) is 6.92 Å². The van der Waals surface area contributed by atoms with Crippen LogP contribution in [0.25, 0.3) is 0 Å². The fourth-order valence-electron chi connectivity index (χ4n) is 2.16. The average Bonchev–Trinajstić information content (AvgIpc) is 2.31. The van der Waals surface area contributed by atoms with Gasteiger partial charge in [-0.2, -0.15) is 0 Å². The molecule has 0 saturated carbocycles. The third-order valence-corrected chi connectivity index (χ3v) is 6.53. The minimum Gasteiger partial charge on any atom is -0.399 e. The van der Waals surface area contributed by atoms with Gasteiger partial charge in [0.1, 0.15) is 0 Å². The average molecular weight is 276 g/mol. The van der Waals surface area contributed by atoms with Gasteiger partial charge in [-0.15, -0.1) is 12.4 Å². The second-order valence-electron chi connectivity index (χ2n) is 4.40. The molecule has 0 bridgehead atoms. The molecule has 0 spiro atoms. The minimum atomic E-state index is -1.88. The van der Waals surface area contributed by atoms with Gasteiger partial charge < -0.3 is 15.5 Å². The third kappa shape index (κ3) is 3.32. The van der Waals surface area contributed by atoms with E-state index in [2.05, 4.69) is 11.8 Å². The first-order chi connectivity index (χ1) is 7.64. The summed E-state index contributed by atoms with van der Waals surface area (Å²) in [5.41, 5.74) is 6.43. The molecular formula is C12H21ClN2OP. The molecule has 1 radical (unpaired) electrons. The van der Waals surface area contributed by atoms with Gasteiger partial charge in [0, 0.05) is 38.6 Å². The lowest BCUT2D eigenvalue weighted by atomic mass is 10.3. The van der Waals surface area contributed by atoms with Gasteiger partial charge in [-0.25, -0.2) is 0 Å². The maximum absolute atomic E-state index is 10.7. The number of hydrogen-bond donors (Lipinski definition) is 2. The highest BCUT2D eigenvalue weighted by molar-refractivity contribution is 7.77. The van der Waals surface area contributed by atoms with Gasteiger partial charge in [0.25, 0.3) is 0 Å². The summed E-state index contributed by atoms with van der Waals surface area (Å²) in [4.78, 5) is 13.1.